The summed E-state index contributed by atoms with van der Waals surface area (Å²) in [6, 6.07) is 10.4. The lowest BCUT2D eigenvalue weighted by molar-refractivity contribution is -0.139. The van der Waals surface area contributed by atoms with Gasteiger partial charge in [0.1, 0.15) is 0 Å². The summed E-state index contributed by atoms with van der Waals surface area (Å²) in [7, 11) is 0. The number of β-amino-alcohol motifs (C(OH)–C–C–N with tert-alkyl or cyclic N) is 1. The Kier molecular flexibility index (Phi) is 5.34. The summed E-state index contributed by atoms with van der Waals surface area (Å²) < 4.78 is 0. The summed E-state index contributed by atoms with van der Waals surface area (Å²) in [6.07, 6.45) is 5.02. The molecular weight excluding hydrogens is 288 g/mol. The number of likely N-dealkylation sites (tertiary alicyclic amines) is 2. The standard InChI is InChI=1S/C19H28N2O2/c22-14-13-20-11-4-9-19(15-20)10-7-18(23)21(16-19)12-8-17-5-2-1-3-6-17/h1-3,5-6,22H,4,7-16H2/t19-/m1/s1. The van der Waals surface area contributed by atoms with Crippen molar-refractivity contribution in [3.63, 3.8) is 0 Å². The summed E-state index contributed by atoms with van der Waals surface area (Å²) in [6.45, 7) is 4.82. The maximum Gasteiger partial charge on any atom is 0.222 e. The molecule has 1 spiro atoms. The van der Waals surface area contributed by atoms with Gasteiger partial charge in [0.15, 0.2) is 0 Å². The zero-order chi connectivity index (χ0) is 16.1. The van der Waals surface area contributed by atoms with E-state index in [4.69, 9.17) is 0 Å². The number of aliphatic hydroxyl groups excluding tert-OH is 1. The molecule has 23 heavy (non-hydrogen) atoms. The fourth-order valence-electron chi connectivity index (χ4n) is 4.19. The van der Waals surface area contributed by atoms with E-state index in [9.17, 15) is 9.90 Å². The Balaban J connectivity index is 1.61. The number of hydrogen-bond donors (Lipinski definition) is 1. The third-order valence-electron chi connectivity index (χ3n) is 5.42. The van der Waals surface area contributed by atoms with Gasteiger partial charge >= 0.3 is 0 Å². The van der Waals surface area contributed by atoms with Crippen LogP contribution in [0.2, 0.25) is 0 Å². The number of rotatable bonds is 5. The molecule has 1 atom stereocenters. The average molecular weight is 316 g/mol. The average Bonchev–Trinajstić information content (AvgIpc) is 2.58. The van der Waals surface area contributed by atoms with Gasteiger partial charge in [-0.1, -0.05) is 30.3 Å². The molecule has 2 aliphatic rings. The molecule has 0 unspecified atom stereocenters. The van der Waals surface area contributed by atoms with E-state index in [-0.39, 0.29) is 12.0 Å². The smallest absolute Gasteiger partial charge is 0.222 e. The van der Waals surface area contributed by atoms with E-state index >= 15 is 0 Å². The van der Waals surface area contributed by atoms with Crippen molar-refractivity contribution in [1.82, 2.24) is 9.80 Å². The fourth-order valence-corrected chi connectivity index (χ4v) is 4.19. The van der Waals surface area contributed by atoms with Crippen molar-refractivity contribution < 1.29 is 9.90 Å². The normalized spacial score (nSPS) is 26.0. The van der Waals surface area contributed by atoms with Crippen LogP contribution in [-0.4, -0.2) is 60.1 Å². The molecule has 2 fully saturated rings. The monoisotopic (exact) mass is 316 g/mol. The van der Waals surface area contributed by atoms with Crippen molar-refractivity contribution in [2.24, 2.45) is 5.41 Å². The predicted octanol–water partition coefficient (Wildman–Crippen LogP) is 1.93. The molecule has 0 aromatic heterocycles. The fraction of sp³-hybridized carbons (Fsp3) is 0.632. The third kappa shape index (κ3) is 4.12. The minimum atomic E-state index is 0.229. The van der Waals surface area contributed by atoms with Gasteiger partial charge in [-0.2, -0.15) is 0 Å². The SMILES string of the molecule is O=C1CC[C@@]2(CCCN(CCO)C2)CN1CCc1ccccc1. The molecule has 3 rings (SSSR count). The molecule has 126 valence electrons. The molecule has 0 aliphatic carbocycles. The van der Waals surface area contributed by atoms with Crippen molar-refractivity contribution in [2.75, 3.05) is 39.3 Å². The number of carbonyl (C=O) groups excluding carboxylic acids is 1. The predicted molar refractivity (Wildman–Crippen MR) is 91.2 cm³/mol. The second-order valence-electron chi connectivity index (χ2n) is 7.15. The number of hydrogen-bond acceptors (Lipinski definition) is 3. The van der Waals surface area contributed by atoms with Crippen molar-refractivity contribution in [3.05, 3.63) is 35.9 Å². The molecule has 0 saturated carbocycles. The number of nitrogens with zero attached hydrogens (tertiary/aromatic N) is 2. The number of piperidine rings is 2. The quantitative estimate of drug-likeness (QED) is 0.903. The van der Waals surface area contributed by atoms with Crippen LogP contribution in [0.5, 0.6) is 0 Å². The highest BCUT2D eigenvalue weighted by atomic mass is 16.3. The largest absolute Gasteiger partial charge is 0.395 e. The number of benzene rings is 1. The minimum Gasteiger partial charge on any atom is -0.395 e. The summed E-state index contributed by atoms with van der Waals surface area (Å²) in [5.74, 6) is 0.311. The number of amides is 1. The Morgan fingerprint density at radius 3 is 2.70 bits per heavy atom. The summed E-state index contributed by atoms with van der Waals surface area (Å²) in [4.78, 5) is 16.8. The van der Waals surface area contributed by atoms with E-state index in [1.165, 1.54) is 18.4 Å². The first-order chi connectivity index (χ1) is 11.2. The van der Waals surface area contributed by atoms with E-state index < -0.39 is 0 Å². The molecule has 1 amide bonds. The van der Waals surface area contributed by atoms with Gasteiger partial charge in [0.05, 0.1) is 6.61 Å². The van der Waals surface area contributed by atoms with Crippen LogP contribution in [0.4, 0.5) is 0 Å². The second kappa shape index (κ2) is 7.45. The van der Waals surface area contributed by atoms with Gasteiger partial charge < -0.3 is 14.9 Å². The molecule has 1 aromatic rings. The van der Waals surface area contributed by atoms with Crippen LogP contribution < -0.4 is 0 Å². The molecule has 4 nitrogen and oxygen atoms in total. The minimum absolute atomic E-state index is 0.229. The van der Waals surface area contributed by atoms with Crippen LogP contribution in [0.15, 0.2) is 30.3 Å². The molecule has 2 saturated heterocycles. The Labute approximate surface area is 139 Å². The summed E-state index contributed by atoms with van der Waals surface area (Å²) in [5.41, 5.74) is 1.54. The highest BCUT2D eigenvalue weighted by Crippen LogP contribution is 2.38. The molecule has 0 bridgehead atoms. The lowest BCUT2D eigenvalue weighted by Gasteiger charge is -2.48. The molecule has 4 heteroatoms. The summed E-state index contributed by atoms with van der Waals surface area (Å²) >= 11 is 0. The number of carbonyl (C=O) groups is 1. The van der Waals surface area contributed by atoms with Gasteiger partial charge in [-0.25, -0.2) is 0 Å². The van der Waals surface area contributed by atoms with Crippen LogP contribution in [-0.2, 0) is 11.2 Å². The van der Waals surface area contributed by atoms with Gasteiger partial charge in [-0.15, -0.1) is 0 Å². The van der Waals surface area contributed by atoms with Crippen LogP contribution in [0.25, 0.3) is 0 Å². The Hall–Kier alpha value is -1.39. The van der Waals surface area contributed by atoms with Crippen molar-refractivity contribution in [2.45, 2.75) is 32.1 Å². The zero-order valence-electron chi connectivity index (χ0n) is 13.9. The van der Waals surface area contributed by atoms with Crippen molar-refractivity contribution in [1.29, 1.82) is 0 Å². The molecule has 2 heterocycles. The van der Waals surface area contributed by atoms with Crippen LogP contribution in [0.3, 0.4) is 0 Å². The van der Waals surface area contributed by atoms with Gasteiger partial charge in [0.25, 0.3) is 0 Å². The van der Waals surface area contributed by atoms with Crippen LogP contribution in [0.1, 0.15) is 31.2 Å². The molecule has 2 aliphatic heterocycles. The summed E-state index contributed by atoms with van der Waals surface area (Å²) in [5, 5.41) is 9.20. The van der Waals surface area contributed by atoms with E-state index in [0.717, 1.165) is 45.6 Å². The van der Waals surface area contributed by atoms with Gasteiger partial charge in [-0.05, 0) is 37.8 Å². The van der Waals surface area contributed by atoms with E-state index in [0.29, 0.717) is 12.3 Å². The first-order valence-corrected chi connectivity index (χ1v) is 8.86. The van der Waals surface area contributed by atoms with E-state index in [1.54, 1.807) is 0 Å². The third-order valence-corrected chi connectivity index (χ3v) is 5.42. The van der Waals surface area contributed by atoms with Gasteiger partial charge in [0, 0.05) is 38.0 Å². The maximum absolute atomic E-state index is 12.3. The zero-order valence-corrected chi connectivity index (χ0v) is 13.9. The van der Waals surface area contributed by atoms with Crippen LogP contribution >= 0.6 is 0 Å². The van der Waals surface area contributed by atoms with E-state index in [1.807, 2.05) is 6.07 Å². The Morgan fingerprint density at radius 2 is 1.91 bits per heavy atom. The Morgan fingerprint density at radius 1 is 1.09 bits per heavy atom. The first-order valence-electron chi connectivity index (χ1n) is 8.86. The molecular formula is C19H28N2O2. The first kappa shape index (κ1) is 16.5. The van der Waals surface area contributed by atoms with Crippen molar-refractivity contribution in [3.8, 4) is 0 Å². The van der Waals surface area contributed by atoms with Crippen LogP contribution in [0, 0.1) is 5.41 Å². The highest BCUT2D eigenvalue weighted by Gasteiger charge is 2.41. The number of aliphatic hydroxyl groups is 1. The van der Waals surface area contributed by atoms with Gasteiger partial charge in [-0.3, -0.25) is 4.79 Å². The van der Waals surface area contributed by atoms with E-state index in [2.05, 4.69) is 34.1 Å². The molecule has 1 N–H and O–H groups in total. The molecule has 0 radical (unpaired) electrons. The Bertz CT molecular complexity index is 517. The lowest BCUT2D eigenvalue weighted by atomic mass is 9.73. The highest BCUT2D eigenvalue weighted by molar-refractivity contribution is 5.77. The van der Waals surface area contributed by atoms with Gasteiger partial charge in [0.2, 0.25) is 5.91 Å². The lowest BCUT2D eigenvalue weighted by Crippen LogP contribution is -2.54. The topological polar surface area (TPSA) is 43.8 Å². The maximum atomic E-state index is 12.3. The molecule has 1 aromatic carbocycles. The van der Waals surface area contributed by atoms with Crippen molar-refractivity contribution >= 4 is 5.91 Å². The second-order valence-corrected chi connectivity index (χ2v) is 7.15.